The summed E-state index contributed by atoms with van der Waals surface area (Å²) in [7, 11) is 2.44. The summed E-state index contributed by atoms with van der Waals surface area (Å²) < 4.78 is 0. The molecule has 168 valence electrons. The maximum atomic E-state index is 12.3. The van der Waals surface area contributed by atoms with Gasteiger partial charge >= 0.3 is 0 Å². The molecule has 2 N–H and O–H groups in total. The van der Waals surface area contributed by atoms with Gasteiger partial charge in [0.2, 0.25) is 11.8 Å². The van der Waals surface area contributed by atoms with E-state index < -0.39 is 21.9 Å². The second-order valence-corrected chi connectivity index (χ2v) is 11.1. The molecule has 7 heteroatoms. The molecule has 0 saturated carbocycles. The molecule has 0 radical (unpaired) electrons. The molecule has 2 amide bonds. The van der Waals surface area contributed by atoms with E-state index in [0.717, 1.165) is 0 Å². The third kappa shape index (κ3) is 10.3. The number of hydrogen-bond donors (Lipinski definition) is 2. The first kappa shape index (κ1) is 27.7. The highest BCUT2D eigenvalue weighted by Gasteiger charge is 2.35. The molecule has 0 saturated heterocycles. The molecule has 0 fully saturated rings. The summed E-state index contributed by atoms with van der Waals surface area (Å²) in [5.41, 5.74) is -2.18. The van der Waals surface area contributed by atoms with E-state index >= 15 is 0 Å². The van der Waals surface area contributed by atoms with Crippen LogP contribution in [0.4, 0.5) is 0 Å². The molecular formula is C22H41N2O4P. The SMILES string of the molecule is CC(=O)C(C)(C)CC(C)(C)NC(=O)CCC(=O)NC(C)(C)CC(C)(C)C(=O)CP. The number of carbonyl (C=O) groups excluding carboxylic acids is 4. The van der Waals surface area contributed by atoms with Crippen molar-refractivity contribution in [1.29, 1.82) is 0 Å². The minimum atomic E-state index is -0.558. The Kier molecular flexibility index (Phi) is 9.70. The van der Waals surface area contributed by atoms with Crippen LogP contribution in [0.1, 0.15) is 88.0 Å². The summed E-state index contributed by atoms with van der Waals surface area (Å²) in [6.07, 6.45) is 1.55. The summed E-state index contributed by atoms with van der Waals surface area (Å²) in [5, 5.41) is 5.87. The van der Waals surface area contributed by atoms with E-state index in [1.807, 2.05) is 55.4 Å². The van der Waals surface area contributed by atoms with Gasteiger partial charge in [-0.3, -0.25) is 19.2 Å². The van der Waals surface area contributed by atoms with Crippen molar-refractivity contribution in [2.45, 2.75) is 99.1 Å². The zero-order valence-electron chi connectivity index (χ0n) is 19.7. The number of amides is 2. The van der Waals surface area contributed by atoms with Crippen LogP contribution in [0.3, 0.4) is 0 Å². The Hall–Kier alpha value is -1.29. The quantitative estimate of drug-likeness (QED) is 0.466. The Bertz CT molecular complexity index is 637. The van der Waals surface area contributed by atoms with Crippen molar-refractivity contribution in [2.24, 2.45) is 10.8 Å². The third-order valence-electron chi connectivity index (χ3n) is 5.20. The number of hydrogen-bond acceptors (Lipinski definition) is 4. The van der Waals surface area contributed by atoms with E-state index in [4.69, 9.17) is 0 Å². The van der Waals surface area contributed by atoms with E-state index in [2.05, 4.69) is 19.9 Å². The maximum absolute atomic E-state index is 12.3. The molecule has 1 unspecified atom stereocenters. The van der Waals surface area contributed by atoms with Crippen molar-refractivity contribution in [3.8, 4) is 0 Å². The van der Waals surface area contributed by atoms with Crippen LogP contribution in [0.15, 0.2) is 0 Å². The van der Waals surface area contributed by atoms with Gasteiger partial charge in [0.15, 0.2) is 0 Å². The number of carbonyl (C=O) groups is 4. The maximum Gasteiger partial charge on any atom is 0.220 e. The summed E-state index contributed by atoms with van der Waals surface area (Å²) in [6.45, 7) is 16.6. The highest BCUT2D eigenvalue weighted by atomic mass is 31.0. The molecule has 0 spiro atoms. The Labute approximate surface area is 178 Å². The van der Waals surface area contributed by atoms with Crippen LogP contribution >= 0.6 is 9.24 Å². The average molecular weight is 429 g/mol. The van der Waals surface area contributed by atoms with E-state index in [1.165, 1.54) is 0 Å². The first-order valence-electron chi connectivity index (χ1n) is 10.2. The van der Waals surface area contributed by atoms with E-state index in [1.54, 1.807) is 6.92 Å². The van der Waals surface area contributed by atoms with Crippen molar-refractivity contribution >= 4 is 32.6 Å². The topological polar surface area (TPSA) is 92.3 Å². The summed E-state index contributed by atoms with van der Waals surface area (Å²) in [6, 6.07) is 0. The average Bonchev–Trinajstić information content (AvgIpc) is 2.48. The lowest BCUT2D eigenvalue weighted by atomic mass is 9.77. The molecular weight excluding hydrogens is 387 g/mol. The molecule has 1 atom stereocenters. The highest BCUT2D eigenvalue weighted by molar-refractivity contribution is 7.18. The molecule has 0 aromatic carbocycles. The number of ketones is 2. The van der Waals surface area contributed by atoms with Crippen molar-refractivity contribution in [3.05, 3.63) is 0 Å². The van der Waals surface area contributed by atoms with Crippen molar-refractivity contribution in [2.75, 3.05) is 6.16 Å². The van der Waals surface area contributed by atoms with Crippen LogP contribution < -0.4 is 10.6 Å². The van der Waals surface area contributed by atoms with Gasteiger partial charge < -0.3 is 10.6 Å². The summed E-state index contributed by atoms with van der Waals surface area (Å²) in [4.78, 5) is 48.5. The first-order chi connectivity index (χ1) is 12.8. The molecule has 0 heterocycles. The van der Waals surface area contributed by atoms with Crippen LogP contribution in [0.2, 0.25) is 0 Å². The van der Waals surface area contributed by atoms with E-state index in [0.29, 0.717) is 19.0 Å². The fourth-order valence-corrected chi connectivity index (χ4v) is 4.46. The zero-order valence-corrected chi connectivity index (χ0v) is 20.9. The van der Waals surface area contributed by atoms with Gasteiger partial charge in [-0.15, -0.1) is 9.24 Å². The van der Waals surface area contributed by atoms with Crippen molar-refractivity contribution < 1.29 is 19.2 Å². The van der Waals surface area contributed by atoms with Crippen LogP contribution in [0, 0.1) is 10.8 Å². The van der Waals surface area contributed by atoms with Gasteiger partial charge in [-0.25, -0.2) is 0 Å². The Morgan fingerprint density at radius 3 is 1.34 bits per heavy atom. The Morgan fingerprint density at radius 1 is 0.690 bits per heavy atom. The second kappa shape index (κ2) is 10.1. The van der Waals surface area contributed by atoms with E-state index in [-0.39, 0.29) is 36.2 Å². The van der Waals surface area contributed by atoms with Crippen molar-refractivity contribution in [1.82, 2.24) is 10.6 Å². The lowest BCUT2D eigenvalue weighted by molar-refractivity contribution is -0.130. The van der Waals surface area contributed by atoms with Gasteiger partial charge in [0.25, 0.3) is 0 Å². The third-order valence-corrected chi connectivity index (χ3v) is 5.57. The predicted molar refractivity (Wildman–Crippen MR) is 121 cm³/mol. The van der Waals surface area contributed by atoms with Gasteiger partial charge in [-0.05, 0) is 47.5 Å². The van der Waals surface area contributed by atoms with Crippen LogP contribution in [-0.2, 0) is 19.2 Å². The van der Waals surface area contributed by atoms with Gasteiger partial charge in [0.05, 0.1) is 0 Å². The summed E-state index contributed by atoms with van der Waals surface area (Å²) in [5.74, 6) is -0.244. The molecule has 0 aromatic heterocycles. The molecule has 0 aliphatic rings. The molecule has 6 nitrogen and oxygen atoms in total. The molecule has 0 bridgehead atoms. The second-order valence-electron chi connectivity index (χ2n) is 10.7. The van der Waals surface area contributed by atoms with E-state index in [9.17, 15) is 19.2 Å². The van der Waals surface area contributed by atoms with Crippen LogP contribution in [0.25, 0.3) is 0 Å². The van der Waals surface area contributed by atoms with Gasteiger partial charge in [0.1, 0.15) is 11.6 Å². The Balaban J connectivity index is 4.68. The molecule has 0 aliphatic carbocycles. The molecule has 0 rings (SSSR count). The lowest BCUT2D eigenvalue weighted by Gasteiger charge is -2.35. The molecule has 0 aromatic rings. The van der Waals surface area contributed by atoms with Crippen LogP contribution in [-0.4, -0.2) is 40.6 Å². The number of rotatable bonds is 12. The zero-order chi connectivity index (χ0) is 23.3. The van der Waals surface area contributed by atoms with Gasteiger partial charge in [-0.1, -0.05) is 27.7 Å². The standard InChI is InChI=1S/C22H41N2O4P/c1-15(25)19(2,3)13-21(6,7)23-17(27)10-11-18(28)24-22(8,9)14-20(4,5)16(26)12-29/h10-14,29H2,1-9H3,(H,23,27)(H,24,28). The highest BCUT2D eigenvalue weighted by Crippen LogP contribution is 2.30. The molecule has 29 heavy (non-hydrogen) atoms. The Morgan fingerprint density at radius 2 is 1.03 bits per heavy atom. The normalized spacial score (nSPS) is 13.0. The lowest BCUT2D eigenvalue weighted by Crippen LogP contribution is -2.49. The van der Waals surface area contributed by atoms with Gasteiger partial charge in [-0.2, -0.15) is 0 Å². The first-order valence-corrected chi connectivity index (χ1v) is 11.0. The number of Topliss-reactive ketones (excluding diaryl/α,β-unsaturated/α-hetero) is 2. The summed E-state index contributed by atoms with van der Waals surface area (Å²) >= 11 is 0. The van der Waals surface area contributed by atoms with Gasteiger partial charge in [0, 0.05) is 40.9 Å². The minimum absolute atomic E-state index is 0.0689. The fourth-order valence-electron chi connectivity index (χ4n) is 3.90. The largest absolute Gasteiger partial charge is 0.351 e. The van der Waals surface area contributed by atoms with Crippen LogP contribution in [0.5, 0.6) is 0 Å². The number of nitrogens with one attached hydrogen (secondary N) is 2. The predicted octanol–water partition coefficient (Wildman–Crippen LogP) is 3.42. The smallest absolute Gasteiger partial charge is 0.220 e. The molecule has 0 aliphatic heterocycles. The van der Waals surface area contributed by atoms with Crippen molar-refractivity contribution in [3.63, 3.8) is 0 Å². The minimum Gasteiger partial charge on any atom is -0.351 e. The monoisotopic (exact) mass is 428 g/mol. The fraction of sp³-hybridized carbons (Fsp3) is 0.818.